The predicted molar refractivity (Wildman–Crippen MR) is 51.6 cm³/mol. The van der Waals surface area contributed by atoms with Gasteiger partial charge in [0.2, 0.25) is 5.95 Å². The maximum atomic E-state index is 12.5. The van der Waals surface area contributed by atoms with Crippen LogP contribution in [0.3, 0.4) is 0 Å². The minimum atomic E-state index is -4.71. The second-order valence-corrected chi connectivity index (χ2v) is 2.63. The Kier molecular flexibility index (Phi) is 3.44. The summed E-state index contributed by atoms with van der Waals surface area (Å²) in [5.41, 5.74) is 8.00. The van der Waals surface area contributed by atoms with Crippen molar-refractivity contribution in [1.82, 2.24) is 9.97 Å². The first-order valence-corrected chi connectivity index (χ1v) is 4.06. The van der Waals surface area contributed by atoms with Crippen molar-refractivity contribution in [3.63, 3.8) is 0 Å². The van der Waals surface area contributed by atoms with Crippen LogP contribution >= 0.6 is 0 Å². The number of aromatic nitrogens is 2. The van der Waals surface area contributed by atoms with Crippen LogP contribution in [0.2, 0.25) is 0 Å². The van der Waals surface area contributed by atoms with Crippen molar-refractivity contribution in [2.45, 2.75) is 6.18 Å². The minimum Gasteiger partial charge on any atom is -0.403 e. The summed E-state index contributed by atoms with van der Waals surface area (Å²) in [6.45, 7) is 0. The third-order valence-electron chi connectivity index (χ3n) is 1.49. The Hall–Kier alpha value is -2.12. The Bertz CT molecular complexity index is 409. The van der Waals surface area contributed by atoms with Crippen LogP contribution in [0.5, 0.6) is 0 Å². The third kappa shape index (κ3) is 2.94. The van der Waals surface area contributed by atoms with Crippen molar-refractivity contribution in [2.75, 3.05) is 0 Å². The lowest BCUT2D eigenvalue weighted by Gasteiger charge is -2.09. The molecule has 0 amide bonds. The van der Waals surface area contributed by atoms with Crippen molar-refractivity contribution in [3.8, 4) is 0 Å². The molecule has 0 spiro atoms. The summed E-state index contributed by atoms with van der Waals surface area (Å²) in [6, 6.07) is 1.45. The summed E-state index contributed by atoms with van der Waals surface area (Å²) in [4.78, 5) is 10.2. The van der Waals surface area contributed by atoms with Crippen LogP contribution in [0.4, 0.5) is 19.1 Å². The van der Waals surface area contributed by atoms with Crippen LogP contribution in [0.15, 0.2) is 35.3 Å². The van der Waals surface area contributed by atoms with Crippen molar-refractivity contribution in [1.29, 1.82) is 0 Å². The molecular formula is C8H8F3N5. The number of halogens is 3. The summed E-state index contributed by atoms with van der Waals surface area (Å²) in [7, 11) is 0. The molecule has 0 atom stereocenters. The fraction of sp³-hybridized carbons (Fsp3) is 0.125. The Labute approximate surface area is 88.7 Å². The van der Waals surface area contributed by atoms with Gasteiger partial charge in [-0.25, -0.2) is 15.0 Å². The van der Waals surface area contributed by atoms with Gasteiger partial charge in [-0.2, -0.15) is 13.2 Å². The first-order valence-electron chi connectivity index (χ1n) is 4.06. The van der Waals surface area contributed by atoms with E-state index in [9.17, 15) is 13.2 Å². The third-order valence-corrected chi connectivity index (χ3v) is 1.49. The lowest BCUT2D eigenvalue weighted by atomic mass is 10.3. The molecule has 4 N–H and O–H groups in total. The molecule has 0 aromatic carbocycles. The van der Waals surface area contributed by atoms with Crippen molar-refractivity contribution < 1.29 is 13.2 Å². The van der Waals surface area contributed by atoms with E-state index >= 15 is 0 Å². The molecule has 0 fully saturated rings. The van der Waals surface area contributed by atoms with Crippen LogP contribution in [0.25, 0.3) is 0 Å². The fourth-order valence-electron chi connectivity index (χ4n) is 0.819. The van der Waals surface area contributed by atoms with E-state index in [2.05, 4.69) is 15.0 Å². The fourth-order valence-corrected chi connectivity index (χ4v) is 0.819. The largest absolute Gasteiger partial charge is 0.435 e. The molecule has 0 saturated heterocycles. The monoisotopic (exact) mass is 231 g/mol. The first kappa shape index (κ1) is 12.0. The molecule has 0 aliphatic rings. The van der Waals surface area contributed by atoms with Crippen LogP contribution in [0.1, 0.15) is 0 Å². The average Bonchev–Trinajstić information content (AvgIpc) is 2.25. The average molecular weight is 231 g/mol. The van der Waals surface area contributed by atoms with Gasteiger partial charge in [-0.3, -0.25) is 0 Å². The van der Waals surface area contributed by atoms with Gasteiger partial charge in [-0.15, -0.1) is 0 Å². The summed E-state index contributed by atoms with van der Waals surface area (Å²) >= 11 is 0. The summed E-state index contributed by atoms with van der Waals surface area (Å²) in [6.07, 6.45) is -1.56. The molecule has 8 heteroatoms. The molecule has 0 unspecified atom stereocenters. The van der Waals surface area contributed by atoms with Gasteiger partial charge in [-0.1, -0.05) is 0 Å². The van der Waals surface area contributed by atoms with Crippen LogP contribution < -0.4 is 11.5 Å². The maximum Gasteiger partial charge on any atom is 0.435 e. The van der Waals surface area contributed by atoms with Gasteiger partial charge in [0.15, 0.2) is 5.71 Å². The quantitative estimate of drug-likeness (QED) is 0.739. The molecule has 0 aliphatic heterocycles. The normalized spacial score (nSPS) is 13.9. The number of nitrogens with two attached hydrogens (primary N) is 2. The molecular weight excluding hydrogens is 223 g/mol. The van der Waals surface area contributed by atoms with Gasteiger partial charge in [0.05, 0.1) is 5.70 Å². The Morgan fingerprint density at radius 3 is 2.31 bits per heavy atom. The van der Waals surface area contributed by atoms with E-state index in [0.29, 0.717) is 6.20 Å². The number of allylic oxidation sites excluding steroid dienone is 1. The van der Waals surface area contributed by atoms with Crippen LogP contribution in [0, 0.1) is 0 Å². The SMILES string of the molecule is NC=C(N)C(=Nc1ncccn1)C(F)(F)F. The Balaban J connectivity index is 3.18. The van der Waals surface area contributed by atoms with E-state index in [0.717, 1.165) is 0 Å². The summed E-state index contributed by atoms with van der Waals surface area (Å²) in [5.74, 6) is -0.334. The second kappa shape index (κ2) is 4.60. The van der Waals surface area contributed by atoms with Crippen LogP contribution in [-0.2, 0) is 0 Å². The minimum absolute atomic E-state index is 0.334. The number of rotatable bonds is 2. The highest BCUT2D eigenvalue weighted by atomic mass is 19.4. The molecule has 1 aromatic heterocycles. The number of hydrogen-bond acceptors (Lipinski definition) is 5. The zero-order chi connectivity index (χ0) is 12.2. The Morgan fingerprint density at radius 1 is 1.31 bits per heavy atom. The molecule has 16 heavy (non-hydrogen) atoms. The highest BCUT2D eigenvalue weighted by Crippen LogP contribution is 2.22. The first-order chi connectivity index (χ1) is 7.45. The van der Waals surface area contributed by atoms with Crippen molar-refractivity contribution in [3.05, 3.63) is 30.4 Å². The molecule has 0 saturated carbocycles. The van der Waals surface area contributed by atoms with Gasteiger partial charge in [0.25, 0.3) is 0 Å². The highest BCUT2D eigenvalue weighted by Gasteiger charge is 2.37. The van der Waals surface area contributed by atoms with Gasteiger partial charge in [0, 0.05) is 18.6 Å². The lowest BCUT2D eigenvalue weighted by Crippen LogP contribution is -2.29. The lowest BCUT2D eigenvalue weighted by molar-refractivity contribution is -0.0582. The van der Waals surface area contributed by atoms with E-state index in [4.69, 9.17) is 11.5 Å². The number of nitrogens with zero attached hydrogens (tertiary/aromatic N) is 3. The molecule has 1 heterocycles. The number of aliphatic imine (C=N–C) groups is 1. The van der Waals surface area contributed by atoms with E-state index in [1.165, 1.54) is 18.5 Å². The molecule has 1 rings (SSSR count). The smallest absolute Gasteiger partial charge is 0.403 e. The van der Waals surface area contributed by atoms with Gasteiger partial charge < -0.3 is 11.5 Å². The standard InChI is InChI=1S/C8H8F3N5/c9-8(10,11)6(5(13)4-12)16-7-14-2-1-3-15-7/h1-4H,12-13H2. The molecule has 0 bridgehead atoms. The zero-order valence-electron chi connectivity index (χ0n) is 7.94. The van der Waals surface area contributed by atoms with E-state index in [1.807, 2.05) is 0 Å². The van der Waals surface area contributed by atoms with Gasteiger partial charge >= 0.3 is 6.18 Å². The zero-order valence-corrected chi connectivity index (χ0v) is 7.94. The van der Waals surface area contributed by atoms with Gasteiger partial charge in [-0.05, 0) is 6.07 Å². The predicted octanol–water partition coefficient (Wildman–Crippen LogP) is 0.870. The molecule has 0 aliphatic carbocycles. The van der Waals surface area contributed by atoms with E-state index in [-0.39, 0.29) is 5.95 Å². The summed E-state index contributed by atoms with van der Waals surface area (Å²) in [5, 5.41) is 0. The van der Waals surface area contributed by atoms with Crippen molar-refractivity contribution >= 4 is 11.7 Å². The molecule has 0 radical (unpaired) electrons. The molecule has 1 aromatic rings. The molecule has 86 valence electrons. The van der Waals surface area contributed by atoms with E-state index in [1.54, 1.807) is 0 Å². The van der Waals surface area contributed by atoms with E-state index < -0.39 is 17.6 Å². The topological polar surface area (TPSA) is 90.2 Å². The van der Waals surface area contributed by atoms with Gasteiger partial charge in [0.1, 0.15) is 0 Å². The Morgan fingerprint density at radius 2 is 1.88 bits per heavy atom. The van der Waals surface area contributed by atoms with Crippen LogP contribution in [-0.4, -0.2) is 21.9 Å². The molecule has 5 nitrogen and oxygen atoms in total. The number of hydrogen-bond donors (Lipinski definition) is 2. The second-order valence-electron chi connectivity index (χ2n) is 2.63. The van der Waals surface area contributed by atoms with Crippen molar-refractivity contribution in [2.24, 2.45) is 16.5 Å². The number of alkyl halides is 3. The summed E-state index contributed by atoms with van der Waals surface area (Å²) < 4.78 is 37.4. The highest BCUT2D eigenvalue weighted by molar-refractivity contribution is 6.04. The maximum absolute atomic E-state index is 12.5.